The van der Waals surface area contributed by atoms with E-state index in [0.29, 0.717) is 38.2 Å². The molecule has 0 radical (unpaired) electrons. The molecule has 0 spiro atoms. The van der Waals surface area contributed by atoms with Crippen molar-refractivity contribution in [2.75, 3.05) is 9.44 Å². The summed E-state index contributed by atoms with van der Waals surface area (Å²) in [4.78, 5) is 17.1. The van der Waals surface area contributed by atoms with Crippen LogP contribution in [0.25, 0.3) is 21.9 Å². The molecule has 19 heteroatoms. The monoisotopic (exact) mass is 789 g/mol. The van der Waals surface area contributed by atoms with Crippen molar-refractivity contribution in [1.82, 2.24) is 24.9 Å². The number of aromatic amines is 2. The first kappa shape index (κ1) is 36.4. The van der Waals surface area contributed by atoms with Crippen LogP contribution in [-0.2, 0) is 26.7 Å². The van der Waals surface area contributed by atoms with Gasteiger partial charge < -0.3 is 14.7 Å². The Morgan fingerprint density at radius 2 is 1.52 bits per heavy atom. The van der Waals surface area contributed by atoms with E-state index in [9.17, 15) is 30.0 Å². The third-order valence-corrected chi connectivity index (χ3v) is 10.5. The molecule has 0 saturated carbocycles. The van der Waals surface area contributed by atoms with Crippen molar-refractivity contribution in [3.8, 4) is 5.75 Å². The van der Waals surface area contributed by atoms with Gasteiger partial charge in [0.2, 0.25) is 0 Å². The molecule has 0 saturated heterocycles. The summed E-state index contributed by atoms with van der Waals surface area (Å²) in [5.74, 6) is -3.37. The molecule has 0 unspecified atom stereocenters. The highest BCUT2D eigenvalue weighted by Crippen LogP contribution is 2.31. The molecule has 0 aliphatic heterocycles. The maximum Gasteiger partial charge on any atom is 0.265 e. The Morgan fingerprint density at radius 3 is 2.27 bits per heavy atom. The number of hydrogen-bond acceptors (Lipinski definition) is 8. The topological polar surface area (TPSA) is 172 Å². The van der Waals surface area contributed by atoms with Gasteiger partial charge in [-0.05, 0) is 61.0 Å². The van der Waals surface area contributed by atoms with E-state index in [1.165, 1.54) is 48.9 Å². The summed E-state index contributed by atoms with van der Waals surface area (Å²) in [6.45, 7) is 1.59. The zero-order valence-corrected chi connectivity index (χ0v) is 29.6. The van der Waals surface area contributed by atoms with Gasteiger partial charge in [-0.3, -0.25) is 14.4 Å². The lowest BCUT2D eigenvalue weighted by molar-refractivity contribution is 0.284. The van der Waals surface area contributed by atoms with Crippen LogP contribution >= 0.6 is 23.2 Å². The van der Waals surface area contributed by atoms with Crippen LogP contribution < -0.4 is 14.2 Å². The van der Waals surface area contributed by atoms with Crippen molar-refractivity contribution in [1.29, 1.82) is 0 Å². The van der Waals surface area contributed by atoms with Gasteiger partial charge in [0.1, 0.15) is 27.2 Å². The van der Waals surface area contributed by atoms with Gasteiger partial charge >= 0.3 is 0 Å². The Bertz CT molecular complexity index is 2660. The molecule has 0 atom stereocenters. The van der Waals surface area contributed by atoms with Crippen LogP contribution in [0.1, 0.15) is 11.3 Å². The van der Waals surface area contributed by atoms with Gasteiger partial charge in [0.15, 0.2) is 29.0 Å². The van der Waals surface area contributed by atoms with E-state index in [2.05, 4.69) is 34.4 Å². The van der Waals surface area contributed by atoms with E-state index in [1.807, 2.05) is 0 Å². The molecule has 0 aliphatic rings. The fourth-order valence-corrected chi connectivity index (χ4v) is 7.56. The summed E-state index contributed by atoms with van der Waals surface area (Å²) >= 11 is 11.6. The fourth-order valence-electron chi connectivity index (χ4n) is 4.82. The molecule has 4 N–H and O–H groups in total. The molecule has 12 nitrogen and oxygen atoms in total. The summed E-state index contributed by atoms with van der Waals surface area (Å²) < 4.78 is 102. The highest BCUT2D eigenvalue weighted by Gasteiger charge is 2.23. The highest BCUT2D eigenvalue weighted by molar-refractivity contribution is 7.93. The SMILES string of the molecule is Cc1cnc(NS(=O)(=O)c2c[nH]c3nc(Cl)ccc23)c(F)c1.O=S(=O)(Nc1cc(F)c(OCc2ccccn2)cc1F)c1c[nH]c2cc(Cl)ccc12. The molecule has 5 heterocycles. The first-order valence-electron chi connectivity index (χ1n) is 14.8. The Labute approximate surface area is 304 Å². The lowest BCUT2D eigenvalue weighted by atomic mass is 10.2. The number of hydrogen-bond donors (Lipinski definition) is 4. The van der Waals surface area contributed by atoms with Crippen LogP contribution in [0.5, 0.6) is 5.75 Å². The maximum absolute atomic E-state index is 14.5. The molecule has 7 aromatic rings. The van der Waals surface area contributed by atoms with Crippen LogP contribution in [-0.4, -0.2) is 41.8 Å². The lowest BCUT2D eigenvalue weighted by Gasteiger charge is -2.12. The van der Waals surface area contributed by atoms with Crippen molar-refractivity contribution in [3.05, 3.63) is 130 Å². The van der Waals surface area contributed by atoms with E-state index >= 15 is 0 Å². The summed E-state index contributed by atoms with van der Waals surface area (Å²) in [6, 6.07) is 15.4. The molecule has 7 rings (SSSR count). The Kier molecular flexibility index (Phi) is 10.3. The Morgan fingerprint density at radius 1 is 0.788 bits per heavy atom. The smallest absolute Gasteiger partial charge is 0.265 e. The van der Waals surface area contributed by atoms with Crippen LogP contribution in [0.3, 0.4) is 0 Å². The number of nitrogens with one attached hydrogen (secondary N) is 4. The second kappa shape index (κ2) is 14.7. The van der Waals surface area contributed by atoms with Crippen molar-refractivity contribution < 1.29 is 34.7 Å². The first-order valence-corrected chi connectivity index (χ1v) is 18.5. The molecule has 0 bridgehead atoms. The molecular formula is C33H24Cl2F3N7O5S2. The number of sulfonamides is 2. The van der Waals surface area contributed by atoms with Gasteiger partial charge in [-0.25, -0.2) is 40.0 Å². The molecule has 5 aromatic heterocycles. The van der Waals surface area contributed by atoms with Gasteiger partial charge in [0.05, 0.1) is 11.4 Å². The number of aryl methyl sites for hydroxylation is 1. The van der Waals surface area contributed by atoms with E-state index in [4.69, 9.17) is 27.9 Å². The summed E-state index contributed by atoms with van der Waals surface area (Å²) in [5.41, 5.74) is 1.40. The molecule has 52 heavy (non-hydrogen) atoms. The van der Waals surface area contributed by atoms with Gasteiger partial charge in [-0.1, -0.05) is 29.3 Å². The van der Waals surface area contributed by atoms with Gasteiger partial charge in [0.25, 0.3) is 20.0 Å². The predicted octanol–water partition coefficient (Wildman–Crippen LogP) is 7.73. The minimum Gasteiger partial charge on any atom is -0.484 e. The molecule has 2 aromatic carbocycles. The second-order valence-corrected chi connectivity index (χ2v) is 15.1. The van der Waals surface area contributed by atoms with E-state index in [0.717, 1.165) is 12.1 Å². The third-order valence-electron chi connectivity index (χ3n) is 7.23. The highest BCUT2D eigenvalue weighted by atomic mass is 35.5. The first-order chi connectivity index (χ1) is 24.7. The Hall–Kier alpha value is -5.36. The summed E-state index contributed by atoms with van der Waals surface area (Å²) in [7, 11) is -8.21. The minimum absolute atomic E-state index is 0.0616. The van der Waals surface area contributed by atoms with Gasteiger partial charge in [0, 0.05) is 58.2 Å². The number of pyridine rings is 3. The number of ether oxygens (including phenoxy) is 1. The zero-order valence-electron chi connectivity index (χ0n) is 26.5. The minimum atomic E-state index is -4.20. The van der Waals surface area contributed by atoms with Crippen molar-refractivity contribution in [3.63, 3.8) is 0 Å². The van der Waals surface area contributed by atoms with Crippen molar-refractivity contribution in [2.24, 2.45) is 0 Å². The molecule has 0 aliphatic carbocycles. The number of anilines is 2. The summed E-state index contributed by atoms with van der Waals surface area (Å²) in [5, 5.41) is 1.38. The van der Waals surface area contributed by atoms with Crippen LogP contribution in [0.2, 0.25) is 10.2 Å². The largest absolute Gasteiger partial charge is 0.484 e. The number of fused-ring (bicyclic) bond motifs is 2. The molecule has 0 fully saturated rings. The number of aromatic nitrogens is 5. The predicted molar refractivity (Wildman–Crippen MR) is 190 cm³/mol. The van der Waals surface area contributed by atoms with Crippen molar-refractivity contribution in [2.45, 2.75) is 23.3 Å². The normalized spacial score (nSPS) is 11.7. The number of H-pyrrole nitrogens is 2. The third kappa shape index (κ3) is 8.07. The second-order valence-electron chi connectivity index (χ2n) is 11.0. The van der Waals surface area contributed by atoms with Gasteiger partial charge in [-0.2, -0.15) is 0 Å². The number of benzene rings is 2. The van der Waals surface area contributed by atoms with Crippen molar-refractivity contribution >= 4 is 76.7 Å². The molecular weight excluding hydrogens is 766 g/mol. The quantitative estimate of drug-likeness (QED) is 0.108. The number of nitrogens with zero attached hydrogens (tertiary/aromatic N) is 3. The van der Waals surface area contributed by atoms with Gasteiger partial charge in [-0.15, -0.1) is 0 Å². The number of halogens is 5. The van der Waals surface area contributed by atoms with E-state index < -0.39 is 43.2 Å². The average Bonchev–Trinajstić information content (AvgIpc) is 3.72. The molecule has 268 valence electrons. The van der Waals surface area contributed by atoms with Crippen LogP contribution in [0.4, 0.5) is 24.7 Å². The Balaban J connectivity index is 0.000000187. The average molecular weight is 791 g/mol. The zero-order chi connectivity index (χ0) is 37.2. The lowest BCUT2D eigenvalue weighted by Crippen LogP contribution is -2.14. The fraction of sp³-hybridized carbons (Fsp3) is 0.0606. The van der Waals surface area contributed by atoms with Crippen LogP contribution in [0, 0.1) is 24.4 Å². The summed E-state index contributed by atoms with van der Waals surface area (Å²) in [6.07, 6.45) is 5.44. The van der Waals surface area contributed by atoms with Crippen LogP contribution in [0.15, 0.2) is 101 Å². The maximum atomic E-state index is 14.5. The standard InChI is InChI=1S/C20H14ClF2N3O3S.C13H10ClFN4O2S/c21-12-4-5-14-17(7-12)25-10-20(14)30(27,28)26-18-8-16(23)19(9-15(18)22)29-11-13-3-1-2-6-24-13;1-7-4-9(15)13(16-5-7)19-22(20,21)10-6-17-12-8(10)2-3-11(14)18-12/h1-10,25-26H,11H2;2-6H,1H3,(H,16,19)(H,17,18). The van der Waals surface area contributed by atoms with E-state index in [1.54, 1.807) is 37.4 Å². The molecule has 0 amide bonds. The van der Waals surface area contributed by atoms with E-state index in [-0.39, 0.29) is 33.1 Å². The number of rotatable bonds is 9.